The molecule has 1 fully saturated rings. The first kappa shape index (κ1) is 19.4. The van der Waals surface area contributed by atoms with Gasteiger partial charge in [0, 0.05) is 18.2 Å². The SMILES string of the molecule is COc1cccc(CNC(=O)c2cc(C3CC3)nc3c2c(C)nn3C(C)(C)C)c1. The van der Waals surface area contributed by atoms with Gasteiger partial charge in [-0.15, -0.1) is 0 Å². The summed E-state index contributed by atoms with van der Waals surface area (Å²) in [5.74, 6) is 1.13. The molecule has 3 aromatic rings. The lowest BCUT2D eigenvalue weighted by Gasteiger charge is -2.20. The van der Waals surface area contributed by atoms with E-state index >= 15 is 0 Å². The second kappa shape index (κ2) is 7.17. The van der Waals surface area contributed by atoms with Gasteiger partial charge in [-0.05, 0) is 64.3 Å². The van der Waals surface area contributed by atoms with Crippen LogP contribution in [0.1, 0.15) is 66.8 Å². The van der Waals surface area contributed by atoms with Crippen LogP contribution < -0.4 is 10.1 Å². The molecule has 2 aromatic heterocycles. The number of ether oxygens (including phenoxy) is 1. The van der Waals surface area contributed by atoms with Gasteiger partial charge in [0.25, 0.3) is 5.91 Å². The van der Waals surface area contributed by atoms with E-state index in [1.54, 1.807) is 7.11 Å². The van der Waals surface area contributed by atoms with Crippen molar-refractivity contribution in [3.05, 3.63) is 52.8 Å². The third-order valence-corrected chi connectivity index (χ3v) is 5.30. The molecular weight excluding hydrogens is 364 g/mol. The second-order valence-electron chi connectivity index (χ2n) is 8.77. The van der Waals surface area contributed by atoms with Crippen molar-refractivity contribution in [2.45, 2.75) is 58.5 Å². The Balaban J connectivity index is 1.71. The summed E-state index contributed by atoms with van der Waals surface area (Å²) >= 11 is 0. The van der Waals surface area contributed by atoms with Crippen LogP contribution in [0.15, 0.2) is 30.3 Å². The maximum absolute atomic E-state index is 13.2. The Bertz CT molecular complexity index is 1070. The maximum Gasteiger partial charge on any atom is 0.252 e. The van der Waals surface area contributed by atoms with E-state index in [1.165, 1.54) is 0 Å². The number of carbonyl (C=O) groups is 1. The van der Waals surface area contributed by atoms with Crippen LogP contribution in [0.4, 0.5) is 0 Å². The fourth-order valence-corrected chi connectivity index (χ4v) is 3.60. The Hall–Kier alpha value is -2.89. The predicted octanol–water partition coefficient (Wildman–Crippen LogP) is 4.31. The van der Waals surface area contributed by atoms with Gasteiger partial charge in [0.2, 0.25) is 0 Å². The third-order valence-electron chi connectivity index (χ3n) is 5.30. The average Bonchev–Trinajstić information content (AvgIpc) is 3.48. The zero-order valence-corrected chi connectivity index (χ0v) is 17.7. The van der Waals surface area contributed by atoms with Crippen molar-refractivity contribution in [2.75, 3.05) is 7.11 Å². The lowest BCUT2D eigenvalue weighted by Crippen LogP contribution is -2.25. The number of fused-ring (bicyclic) bond motifs is 1. The van der Waals surface area contributed by atoms with Gasteiger partial charge in [0.15, 0.2) is 5.65 Å². The number of nitrogens with one attached hydrogen (secondary N) is 1. The first-order chi connectivity index (χ1) is 13.8. The highest BCUT2D eigenvalue weighted by Gasteiger charge is 2.30. The number of aryl methyl sites for hydroxylation is 1. The van der Waals surface area contributed by atoms with Gasteiger partial charge >= 0.3 is 0 Å². The number of hydrogen-bond donors (Lipinski definition) is 1. The van der Waals surface area contributed by atoms with E-state index in [4.69, 9.17) is 14.8 Å². The number of nitrogens with zero attached hydrogens (tertiary/aromatic N) is 3. The summed E-state index contributed by atoms with van der Waals surface area (Å²) in [7, 11) is 1.64. The summed E-state index contributed by atoms with van der Waals surface area (Å²) < 4.78 is 7.22. The number of benzene rings is 1. The van der Waals surface area contributed by atoms with Crippen LogP contribution in [0, 0.1) is 6.92 Å². The zero-order chi connectivity index (χ0) is 20.8. The molecule has 6 nitrogen and oxygen atoms in total. The highest BCUT2D eigenvalue weighted by atomic mass is 16.5. The van der Waals surface area contributed by atoms with Crippen LogP contribution in [0.2, 0.25) is 0 Å². The van der Waals surface area contributed by atoms with Gasteiger partial charge in [0.1, 0.15) is 5.75 Å². The number of pyridine rings is 1. The van der Waals surface area contributed by atoms with E-state index in [9.17, 15) is 4.79 Å². The van der Waals surface area contributed by atoms with Crippen LogP contribution in [0.5, 0.6) is 5.75 Å². The Morgan fingerprint density at radius 1 is 1.28 bits per heavy atom. The molecule has 29 heavy (non-hydrogen) atoms. The number of aromatic nitrogens is 3. The minimum absolute atomic E-state index is 0.0984. The fraction of sp³-hybridized carbons (Fsp3) is 0.435. The standard InChI is InChI=1S/C23H28N4O2/c1-14-20-18(22(28)24-13-15-7-6-8-17(11-15)29-5)12-19(16-9-10-16)25-21(20)27(26-14)23(2,3)4/h6-8,11-12,16H,9-10,13H2,1-5H3,(H,24,28). The molecule has 0 radical (unpaired) electrons. The van der Waals surface area contributed by atoms with Crippen LogP contribution in [0.3, 0.4) is 0 Å². The Morgan fingerprint density at radius 2 is 2.03 bits per heavy atom. The van der Waals surface area contributed by atoms with Crippen molar-refractivity contribution in [3.63, 3.8) is 0 Å². The molecule has 0 aliphatic heterocycles. The van der Waals surface area contributed by atoms with Crippen molar-refractivity contribution >= 4 is 16.9 Å². The number of methoxy groups -OCH3 is 1. The molecule has 0 saturated heterocycles. The minimum atomic E-state index is -0.212. The van der Waals surface area contributed by atoms with Crippen LogP contribution >= 0.6 is 0 Å². The summed E-state index contributed by atoms with van der Waals surface area (Å²) in [5, 5.41) is 8.62. The fourth-order valence-electron chi connectivity index (χ4n) is 3.60. The molecule has 1 amide bonds. The largest absolute Gasteiger partial charge is 0.497 e. The van der Waals surface area contributed by atoms with Crippen molar-refractivity contribution in [1.82, 2.24) is 20.1 Å². The molecule has 2 heterocycles. The molecule has 0 bridgehead atoms. The topological polar surface area (TPSA) is 69.0 Å². The minimum Gasteiger partial charge on any atom is -0.497 e. The Morgan fingerprint density at radius 3 is 2.69 bits per heavy atom. The quantitative estimate of drug-likeness (QED) is 0.702. The molecule has 1 aliphatic rings. The second-order valence-corrected chi connectivity index (χ2v) is 8.77. The predicted molar refractivity (Wildman–Crippen MR) is 113 cm³/mol. The number of hydrogen-bond acceptors (Lipinski definition) is 4. The molecule has 152 valence electrons. The Kier molecular flexibility index (Phi) is 4.81. The van der Waals surface area contributed by atoms with E-state index in [0.717, 1.165) is 46.6 Å². The molecule has 1 aromatic carbocycles. The van der Waals surface area contributed by atoms with Gasteiger partial charge in [0.05, 0.1) is 29.3 Å². The molecule has 1 saturated carbocycles. The monoisotopic (exact) mass is 392 g/mol. The van der Waals surface area contributed by atoms with E-state index in [1.807, 2.05) is 41.9 Å². The molecule has 1 N–H and O–H groups in total. The first-order valence-electron chi connectivity index (χ1n) is 10.1. The molecular formula is C23H28N4O2. The highest BCUT2D eigenvalue weighted by Crippen LogP contribution is 2.41. The van der Waals surface area contributed by atoms with Gasteiger partial charge in [-0.25, -0.2) is 9.67 Å². The summed E-state index contributed by atoms with van der Waals surface area (Å²) in [5.41, 5.74) is 4.06. The first-order valence-corrected chi connectivity index (χ1v) is 10.1. The lowest BCUT2D eigenvalue weighted by molar-refractivity contribution is 0.0952. The van der Waals surface area contributed by atoms with Crippen LogP contribution in [-0.2, 0) is 12.1 Å². The molecule has 0 unspecified atom stereocenters. The summed E-state index contributed by atoms with van der Waals surface area (Å²) in [6, 6.07) is 9.69. The highest BCUT2D eigenvalue weighted by molar-refractivity contribution is 6.06. The molecule has 6 heteroatoms. The van der Waals surface area contributed by atoms with Crippen molar-refractivity contribution in [1.29, 1.82) is 0 Å². The Labute approximate surface area is 171 Å². The zero-order valence-electron chi connectivity index (χ0n) is 17.7. The normalized spacial score (nSPS) is 14.2. The average molecular weight is 393 g/mol. The summed E-state index contributed by atoms with van der Waals surface area (Å²) in [4.78, 5) is 18.1. The number of amides is 1. The van der Waals surface area contributed by atoms with Gasteiger partial charge in [-0.1, -0.05) is 12.1 Å². The van der Waals surface area contributed by atoms with Gasteiger partial charge in [-0.2, -0.15) is 5.10 Å². The summed E-state index contributed by atoms with van der Waals surface area (Å²) in [6.07, 6.45) is 2.26. The molecule has 0 atom stereocenters. The van der Waals surface area contributed by atoms with E-state index < -0.39 is 0 Å². The van der Waals surface area contributed by atoms with Gasteiger partial charge in [-0.3, -0.25) is 4.79 Å². The third kappa shape index (κ3) is 3.84. The number of carbonyl (C=O) groups excluding carboxylic acids is 1. The van der Waals surface area contributed by atoms with Crippen molar-refractivity contribution in [2.24, 2.45) is 0 Å². The van der Waals surface area contributed by atoms with Crippen LogP contribution in [0.25, 0.3) is 11.0 Å². The molecule has 4 rings (SSSR count). The van der Waals surface area contributed by atoms with E-state index in [-0.39, 0.29) is 11.4 Å². The van der Waals surface area contributed by atoms with Gasteiger partial charge < -0.3 is 10.1 Å². The number of rotatable bonds is 5. The van der Waals surface area contributed by atoms with Crippen LogP contribution in [-0.4, -0.2) is 27.8 Å². The smallest absolute Gasteiger partial charge is 0.252 e. The molecule has 0 spiro atoms. The molecule has 1 aliphatic carbocycles. The van der Waals surface area contributed by atoms with E-state index in [2.05, 4.69) is 26.1 Å². The summed E-state index contributed by atoms with van der Waals surface area (Å²) in [6.45, 7) is 8.69. The van der Waals surface area contributed by atoms with Crippen molar-refractivity contribution < 1.29 is 9.53 Å². The van der Waals surface area contributed by atoms with E-state index in [0.29, 0.717) is 18.0 Å². The van der Waals surface area contributed by atoms with Crippen molar-refractivity contribution in [3.8, 4) is 5.75 Å². The maximum atomic E-state index is 13.2. The lowest BCUT2D eigenvalue weighted by atomic mass is 10.1.